The molecule has 0 aromatic carbocycles. The van der Waals surface area contributed by atoms with Gasteiger partial charge in [0.05, 0.1) is 5.56 Å². The second-order valence-electron chi connectivity index (χ2n) is 5.48. The van der Waals surface area contributed by atoms with Gasteiger partial charge in [-0.05, 0) is 24.5 Å². The minimum absolute atomic E-state index is 0.000803. The molecular formula is C15H21N3O2. The van der Waals surface area contributed by atoms with Gasteiger partial charge in [-0.15, -0.1) is 0 Å². The zero-order chi connectivity index (χ0) is 14.6. The largest absolute Gasteiger partial charge is 0.366 e. The lowest BCUT2D eigenvalue weighted by molar-refractivity contribution is -0.122. The van der Waals surface area contributed by atoms with Crippen molar-refractivity contribution in [2.24, 2.45) is 5.73 Å². The third kappa shape index (κ3) is 2.81. The van der Waals surface area contributed by atoms with Gasteiger partial charge in [0, 0.05) is 31.3 Å². The Balaban J connectivity index is 2.45. The fourth-order valence-corrected chi connectivity index (χ4v) is 3.22. The molecule has 0 atom stereocenters. The Bertz CT molecular complexity index is 508. The summed E-state index contributed by atoms with van der Waals surface area (Å²) in [6.07, 6.45) is 8.70. The van der Waals surface area contributed by atoms with E-state index in [9.17, 15) is 9.59 Å². The highest BCUT2D eigenvalue weighted by molar-refractivity contribution is 5.94. The Morgan fingerprint density at radius 1 is 1.35 bits per heavy atom. The van der Waals surface area contributed by atoms with Crippen molar-refractivity contribution in [3.63, 3.8) is 0 Å². The van der Waals surface area contributed by atoms with Crippen molar-refractivity contribution in [3.8, 4) is 0 Å². The third-order valence-electron chi connectivity index (χ3n) is 4.25. The summed E-state index contributed by atoms with van der Waals surface area (Å²) >= 11 is 0. The summed E-state index contributed by atoms with van der Waals surface area (Å²) in [4.78, 5) is 27.5. The van der Waals surface area contributed by atoms with E-state index in [1.54, 1.807) is 13.2 Å². The Morgan fingerprint density at radius 3 is 2.65 bits per heavy atom. The van der Waals surface area contributed by atoms with Crippen LogP contribution in [0.5, 0.6) is 0 Å². The fourth-order valence-electron chi connectivity index (χ4n) is 3.22. The van der Waals surface area contributed by atoms with E-state index in [1.807, 2.05) is 6.07 Å². The van der Waals surface area contributed by atoms with Gasteiger partial charge in [0.2, 0.25) is 5.91 Å². The smallest absolute Gasteiger partial charge is 0.250 e. The molecule has 108 valence electrons. The predicted molar refractivity (Wildman–Crippen MR) is 76.2 cm³/mol. The van der Waals surface area contributed by atoms with Crippen LogP contribution in [0.2, 0.25) is 0 Å². The minimum atomic E-state index is -0.477. The predicted octanol–water partition coefficient (Wildman–Crippen LogP) is 1.52. The summed E-state index contributed by atoms with van der Waals surface area (Å²) in [6.45, 7) is 0. The molecule has 0 spiro atoms. The number of hydrogen-bond acceptors (Lipinski definition) is 3. The number of carbonyl (C=O) groups excluding carboxylic acids is 2. The number of primary amides is 1. The average Bonchev–Trinajstić information content (AvgIpc) is 2.48. The Labute approximate surface area is 119 Å². The maximum atomic E-state index is 11.9. The van der Waals surface area contributed by atoms with E-state index in [0.717, 1.165) is 31.2 Å². The van der Waals surface area contributed by atoms with Crippen molar-refractivity contribution in [2.45, 2.75) is 43.9 Å². The lowest BCUT2D eigenvalue weighted by Gasteiger charge is -2.38. The van der Waals surface area contributed by atoms with E-state index >= 15 is 0 Å². The molecule has 0 bridgehead atoms. The summed E-state index contributed by atoms with van der Waals surface area (Å²) < 4.78 is 0. The molecule has 5 nitrogen and oxygen atoms in total. The van der Waals surface area contributed by atoms with Gasteiger partial charge >= 0.3 is 0 Å². The van der Waals surface area contributed by atoms with Crippen molar-refractivity contribution in [2.75, 3.05) is 7.05 Å². The molecule has 1 aliphatic rings. The first-order chi connectivity index (χ1) is 9.59. The molecule has 1 saturated carbocycles. The zero-order valence-electron chi connectivity index (χ0n) is 11.8. The summed E-state index contributed by atoms with van der Waals surface area (Å²) in [6, 6.07) is 1.84. The van der Waals surface area contributed by atoms with Crippen LogP contribution >= 0.6 is 0 Å². The van der Waals surface area contributed by atoms with Crippen LogP contribution < -0.4 is 11.1 Å². The molecule has 1 fully saturated rings. The first kappa shape index (κ1) is 14.5. The lowest BCUT2D eigenvalue weighted by Crippen LogP contribution is -2.37. The summed E-state index contributed by atoms with van der Waals surface area (Å²) in [7, 11) is 1.64. The highest BCUT2D eigenvalue weighted by atomic mass is 16.1. The quantitative estimate of drug-likeness (QED) is 0.873. The van der Waals surface area contributed by atoms with Gasteiger partial charge in [-0.2, -0.15) is 0 Å². The van der Waals surface area contributed by atoms with Crippen LogP contribution in [0.25, 0.3) is 0 Å². The lowest BCUT2D eigenvalue weighted by atomic mass is 9.66. The van der Waals surface area contributed by atoms with Crippen LogP contribution in [0.4, 0.5) is 0 Å². The second kappa shape index (κ2) is 6.03. The van der Waals surface area contributed by atoms with E-state index in [0.29, 0.717) is 12.0 Å². The first-order valence-corrected chi connectivity index (χ1v) is 7.04. The monoisotopic (exact) mass is 275 g/mol. The summed E-state index contributed by atoms with van der Waals surface area (Å²) in [5.41, 5.74) is 6.50. The van der Waals surface area contributed by atoms with Gasteiger partial charge < -0.3 is 11.1 Å². The van der Waals surface area contributed by atoms with Gasteiger partial charge in [0.25, 0.3) is 5.91 Å². The molecule has 0 radical (unpaired) electrons. The molecule has 2 rings (SSSR count). The molecule has 3 N–H and O–H groups in total. The van der Waals surface area contributed by atoms with Gasteiger partial charge in [-0.3, -0.25) is 14.6 Å². The summed E-state index contributed by atoms with van der Waals surface area (Å²) in [5, 5.41) is 2.68. The topological polar surface area (TPSA) is 85.1 Å². The van der Waals surface area contributed by atoms with Crippen molar-refractivity contribution >= 4 is 11.8 Å². The standard InChI is InChI=1S/C15H21N3O2/c1-17-13(19)9-15(6-3-2-4-7-15)12-5-8-18-10-11(12)14(16)20/h5,8,10H,2-4,6-7,9H2,1H3,(H2,16,20)(H,17,19). The number of rotatable bonds is 4. The highest BCUT2D eigenvalue weighted by Gasteiger charge is 2.38. The fraction of sp³-hybridized carbons (Fsp3) is 0.533. The molecule has 1 heterocycles. The molecule has 1 aromatic rings. The minimum Gasteiger partial charge on any atom is -0.366 e. The van der Waals surface area contributed by atoms with Crippen molar-refractivity contribution in [3.05, 3.63) is 29.6 Å². The Kier molecular flexibility index (Phi) is 4.37. The molecule has 1 aromatic heterocycles. The number of pyridine rings is 1. The summed E-state index contributed by atoms with van der Waals surface area (Å²) in [5.74, 6) is -0.478. The molecule has 5 heteroatoms. The molecule has 0 unspecified atom stereocenters. The van der Waals surface area contributed by atoms with E-state index < -0.39 is 5.91 Å². The van der Waals surface area contributed by atoms with Crippen molar-refractivity contribution in [1.29, 1.82) is 0 Å². The Morgan fingerprint density at radius 2 is 2.05 bits per heavy atom. The van der Waals surface area contributed by atoms with E-state index in [1.165, 1.54) is 12.6 Å². The number of nitrogens with one attached hydrogen (secondary N) is 1. The van der Waals surface area contributed by atoms with E-state index in [2.05, 4.69) is 10.3 Å². The highest BCUT2D eigenvalue weighted by Crippen LogP contribution is 2.43. The number of carbonyl (C=O) groups is 2. The zero-order valence-corrected chi connectivity index (χ0v) is 11.8. The van der Waals surface area contributed by atoms with Crippen LogP contribution in [0, 0.1) is 0 Å². The Hall–Kier alpha value is -1.91. The van der Waals surface area contributed by atoms with Crippen LogP contribution in [0.1, 0.15) is 54.4 Å². The molecule has 20 heavy (non-hydrogen) atoms. The van der Waals surface area contributed by atoms with E-state index in [4.69, 9.17) is 5.73 Å². The molecule has 2 amide bonds. The number of amides is 2. The third-order valence-corrected chi connectivity index (χ3v) is 4.25. The van der Waals surface area contributed by atoms with Crippen molar-refractivity contribution in [1.82, 2.24) is 10.3 Å². The number of nitrogens with zero attached hydrogens (tertiary/aromatic N) is 1. The SMILES string of the molecule is CNC(=O)CC1(c2ccncc2C(N)=O)CCCCC1. The molecular weight excluding hydrogens is 254 g/mol. The van der Waals surface area contributed by atoms with Gasteiger partial charge in [0.1, 0.15) is 0 Å². The van der Waals surface area contributed by atoms with Gasteiger partial charge in [0.15, 0.2) is 0 Å². The maximum absolute atomic E-state index is 11.9. The van der Waals surface area contributed by atoms with Crippen LogP contribution in [0.3, 0.4) is 0 Å². The number of hydrogen-bond donors (Lipinski definition) is 2. The normalized spacial score (nSPS) is 17.4. The number of nitrogens with two attached hydrogens (primary N) is 1. The molecule has 0 saturated heterocycles. The van der Waals surface area contributed by atoms with Gasteiger partial charge in [-0.25, -0.2) is 0 Å². The van der Waals surface area contributed by atoms with E-state index in [-0.39, 0.29) is 11.3 Å². The number of aromatic nitrogens is 1. The van der Waals surface area contributed by atoms with Crippen molar-refractivity contribution < 1.29 is 9.59 Å². The van der Waals surface area contributed by atoms with Gasteiger partial charge in [-0.1, -0.05) is 19.3 Å². The average molecular weight is 275 g/mol. The molecule has 1 aliphatic carbocycles. The second-order valence-corrected chi connectivity index (χ2v) is 5.48. The van der Waals surface area contributed by atoms with Crippen LogP contribution in [0.15, 0.2) is 18.5 Å². The van der Waals surface area contributed by atoms with Crippen LogP contribution in [-0.4, -0.2) is 23.8 Å². The maximum Gasteiger partial charge on any atom is 0.250 e. The molecule has 0 aliphatic heterocycles. The first-order valence-electron chi connectivity index (χ1n) is 7.04. The van der Waals surface area contributed by atoms with Crippen LogP contribution in [-0.2, 0) is 10.2 Å².